The third-order valence-corrected chi connectivity index (χ3v) is 4.67. The Morgan fingerprint density at radius 3 is 2.39 bits per heavy atom. The van der Waals surface area contributed by atoms with Gasteiger partial charge in [-0.05, 0) is 50.4 Å². The number of aryl methyl sites for hydroxylation is 1. The maximum Gasteiger partial charge on any atom is 0.123 e. The van der Waals surface area contributed by atoms with Crippen LogP contribution in [0.2, 0.25) is 0 Å². The van der Waals surface area contributed by atoms with E-state index in [1.165, 1.54) is 50.3 Å². The van der Waals surface area contributed by atoms with Gasteiger partial charge in [0.2, 0.25) is 0 Å². The maximum absolute atomic E-state index is 6.10. The lowest BCUT2D eigenvalue weighted by Gasteiger charge is -2.32. The van der Waals surface area contributed by atoms with Crippen molar-refractivity contribution >= 4 is 0 Å². The molecule has 1 aromatic rings. The first kappa shape index (κ1) is 18.3. The van der Waals surface area contributed by atoms with Crippen LogP contribution in [0.3, 0.4) is 0 Å². The van der Waals surface area contributed by atoms with E-state index in [0.717, 1.165) is 18.8 Å². The van der Waals surface area contributed by atoms with E-state index in [1.807, 2.05) is 0 Å². The van der Waals surface area contributed by atoms with Crippen molar-refractivity contribution in [2.75, 3.05) is 46.4 Å². The molecule has 3 heteroatoms. The molecule has 0 unspecified atom stereocenters. The first-order chi connectivity index (χ1) is 10.9. The van der Waals surface area contributed by atoms with Crippen LogP contribution in [-0.2, 0) is 5.41 Å². The molecule has 0 amide bonds. The molecule has 23 heavy (non-hydrogen) atoms. The summed E-state index contributed by atoms with van der Waals surface area (Å²) in [7, 11) is 2.21. The molecular formula is C20H34N2O. The van der Waals surface area contributed by atoms with Gasteiger partial charge in [-0.1, -0.05) is 38.5 Å². The van der Waals surface area contributed by atoms with Crippen molar-refractivity contribution in [3.05, 3.63) is 29.3 Å². The minimum absolute atomic E-state index is 0.126. The van der Waals surface area contributed by atoms with Gasteiger partial charge in [-0.15, -0.1) is 0 Å². The molecule has 1 aliphatic rings. The summed E-state index contributed by atoms with van der Waals surface area (Å²) in [6, 6.07) is 6.55. The average molecular weight is 319 g/mol. The topological polar surface area (TPSA) is 15.7 Å². The number of rotatable bonds is 6. The van der Waals surface area contributed by atoms with Gasteiger partial charge in [0.25, 0.3) is 0 Å². The fourth-order valence-corrected chi connectivity index (χ4v) is 3.05. The molecule has 0 bridgehead atoms. The Morgan fingerprint density at radius 1 is 1.04 bits per heavy atom. The summed E-state index contributed by atoms with van der Waals surface area (Å²) >= 11 is 0. The van der Waals surface area contributed by atoms with Gasteiger partial charge in [0.15, 0.2) is 0 Å². The van der Waals surface area contributed by atoms with Crippen molar-refractivity contribution in [3.8, 4) is 5.75 Å². The van der Waals surface area contributed by atoms with Crippen molar-refractivity contribution < 1.29 is 4.74 Å². The first-order valence-electron chi connectivity index (χ1n) is 9.01. The lowest BCUT2D eigenvalue weighted by Crippen LogP contribution is -2.44. The molecule has 0 atom stereocenters. The third kappa shape index (κ3) is 5.82. The highest BCUT2D eigenvalue weighted by atomic mass is 16.5. The van der Waals surface area contributed by atoms with Crippen LogP contribution in [0, 0.1) is 6.92 Å². The van der Waals surface area contributed by atoms with Crippen molar-refractivity contribution in [2.24, 2.45) is 0 Å². The van der Waals surface area contributed by atoms with Crippen molar-refractivity contribution in [1.82, 2.24) is 9.80 Å². The van der Waals surface area contributed by atoms with Crippen LogP contribution in [0.5, 0.6) is 5.75 Å². The minimum Gasteiger partial charge on any atom is -0.493 e. The fourth-order valence-electron chi connectivity index (χ4n) is 3.05. The van der Waals surface area contributed by atoms with Gasteiger partial charge in [0.05, 0.1) is 6.61 Å². The monoisotopic (exact) mass is 318 g/mol. The van der Waals surface area contributed by atoms with Crippen molar-refractivity contribution in [3.63, 3.8) is 0 Å². The summed E-state index contributed by atoms with van der Waals surface area (Å²) in [6.07, 6.45) is 2.35. The Bertz CT molecular complexity index is 485. The van der Waals surface area contributed by atoms with E-state index in [2.05, 4.69) is 62.7 Å². The molecule has 130 valence electrons. The molecule has 0 saturated carbocycles. The van der Waals surface area contributed by atoms with Gasteiger partial charge in [0, 0.05) is 26.2 Å². The number of hydrogen-bond acceptors (Lipinski definition) is 3. The molecule has 0 N–H and O–H groups in total. The van der Waals surface area contributed by atoms with Gasteiger partial charge in [-0.3, -0.25) is 0 Å². The molecule has 0 radical (unpaired) electrons. The number of unbranched alkanes of at least 4 members (excludes halogenated alkanes) is 1. The Morgan fingerprint density at radius 2 is 1.74 bits per heavy atom. The SMILES string of the molecule is Cc1ccc(OCCCCN2CCN(C)CC2)c(C(C)(C)C)c1. The van der Waals surface area contributed by atoms with Crippen molar-refractivity contribution in [2.45, 2.75) is 46.0 Å². The lowest BCUT2D eigenvalue weighted by atomic mass is 9.85. The summed E-state index contributed by atoms with van der Waals surface area (Å²) in [4.78, 5) is 4.98. The molecule has 1 heterocycles. The summed E-state index contributed by atoms with van der Waals surface area (Å²) in [5.74, 6) is 1.06. The van der Waals surface area contributed by atoms with Crippen LogP contribution < -0.4 is 4.74 Å². The molecule has 1 aromatic carbocycles. The number of benzene rings is 1. The predicted octanol–water partition coefficient (Wildman–Crippen LogP) is 3.70. The Kier molecular flexibility index (Phi) is 6.49. The normalized spacial score (nSPS) is 17.4. The summed E-state index contributed by atoms with van der Waals surface area (Å²) in [6.45, 7) is 15.8. The summed E-state index contributed by atoms with van der Waals surface area (Å²) < 4.78 is 6.10. The first-order valence-corrected chi connectivity index (χ1v) is 9.01. The van der Waals surface area contributed by atoms with Crippen LogP contribution in [0.25, 0.3) is 0 Å². The van der Waals surface area contributed by atoms with Crippen LogP contribution in [-0.4, -0.2) is 56.2 Å². The van der Waals surface area contributed by atoms with E-state index in [9.17, 15) is 0 Å². The van der Waals surface area contributed by atoms with E-state index >= 15 is 0 Å². The van der Waals surface area contributed by atoms with E-state index in [1.54, 1.807) is 0 Å². The van der Waals surface area contributed by atoms with Gasteiger partial charge in [-0.2, -0.15) is 0 Å². The quantitative estimate of drug-likeness (QED) is 0.744. The van der Waals surface area contributed by atoms with Crippen LogP contribution in [0.15, 0.2) is 18.2 Å². The van der Waals surface area contributed by atoms with Crippen LogP contribution in [0.4, 0.5) is 0 Å². The molecule has 0 aromatic heterocycles. The highest BCUT2D eigenvalue weighted by Gasteiger charge is 2.19. The third-order valence-electron chi connectivity index (χ3n) is 4.67. The van der Waals surface area contributed by atoms with E-state index in [-0.39, 0.29) is 5.41 Å². The molecular weight excluding hydrogens is 284 g/mol. The van der Waals surface area contributed by atoms with Crippen LogP contribution >= 0.6 is 0 Å². The highest BCUT2D eigenvalue weighted by Crippen LogP contribution is 2.32. The van der Waals surface area contributed by atoms with E-state index in [4.69, 9.17) is 4.74 Å². The predicted molar refractivity (Wildman–Crippen MR) is 98.5 cm³/mol. The second-order valence-corrected chi connectivity index (χ2v) is 7.95. The molecule has 1 fully saturated rings. The fraction of sp³-hybridized carbons (Fsp3) is 0.700. The van der Waals surface area contributed by atoms with Crippen molar-refractivity contribution in [1.29, 1.82) is 0 Å². The summed E-state index contributed by atoms with van der Waals surface area (Å²) in [5.41, 5.74) is 2.75. The second-order valence-electron chi connectivity index (χ2n) is 7.95. The Hall–Kier alpha value is -1.06. The maximum atomic E-state index is 6.10. The van der Waals surface area contributed by atoms with Gasteiger partial charge in [-0.25, -0.2) is 0 Å². The Labute approximate surface area is 142 Å². The average Bonchev–Trinajstić information content (AvgIpc) is 2.49. The standard InChI is InChI=1S/C20H34N2O/c1-17-8-9-19(18(16-17)20(2,3)4)23-15-7-6-10-22-13-11-21(5)12-14-22/h8-9,16H,6-7,10-15H2,1-5H3. The Balaban J connectivity index is 1.74. The number of nitrogens with zero attached hydrogens (tertiary/aromatic N) is 2. The minimum atomic E-state index is 0.126. The zero-order chi connectivity index (χ0) is 16.9. The molecule has 3 nitrogen and oxygen atoms in total. The summed E-state index contributed by atoms with van der Waals surface area (Å²) in [5, 5.41) is 0. The van der Waals surface area contributed by atoms with E-state index in [0.29, 0.717) is 0 Å². The number of ether oxygens (including phenoxy) is 1. The van der Waals surface area contributed by atoms with Gasteiger partial charge in [0.1, 0.15) is 5.75 Å². The lowest BCUT2D eigenvalue weighted by molar-refractivity contribution is 0.149. The molecule has 0 aliphatic carbocycles. The zero-order valence-corrected chi connectivity index (χ0v) is 15.7. The highest BCUT2D eigenvalue weighted by molar-refractivity contribution is 5.41. The smallest absolute Gasteiger partial charge is 0.123 e. The molecule has 1 saturated heterocycles. The van der Waals surface area contributed by atoms with Gasteiger partial charge >= 0.3 is 0 Å². The largest absolute Gasteiger partial charge is 0.493 e. The van der Waals surface area contributed by atoms with Gasteiger partial charge < -0.3 is 14.5 Å². The molecule has 0 spiro atoms. The number of hydrogen-bond donors (Lipinski definition) is 0. The molecule has 1 aliphatic heterocycles. The van der Waals surface area contributed by atoms with Crippen LogP contribution in [0.1, 0.15) is 44.7 Å². The zero-order valence-electron chi connectivity index (χ0n) is 15.7. The number of piperazine rings is 1. The number of likely N-dealkylation sites (N-methyl/N-ethyl adjacent to an activating group) is 1. The van der Waals surface area contributed by atoms with E-state index < -0.39 is 0 Å². The second kappa shape index (κ2) is 8.16. The molecule has 2 rings (SSSR count).